The fraction of sp³-hybridized carbons (Fsp3) is 0.300. The molecule has 0 unspecified atom stereocenters. The van der Waals surface area contributed by atoms with Crippen molar-refractivity contribution < 1.29 is 41.8 Å². The maximum absolute atomic E-state index is 13.4. The Balaban J connectivity index is 1.60. The molecule has 3 aromatic carbocycles. The minimum atomic E-state index is -4.86. The van der Waals surface area contributed by atoms with Crippen LogP contribution in [-0.4, -0.2) is 24.1 Å². The Bertz CT molecular complexity index is 1200. The van der Waals surface area contributed by atoms with Gasteiger partial charge in [-0.2, -0.15) is 0 Å². The molecule has 0 heterocycles. The van der Waals surface area contributed by atoms with E-state index < -0.39 is 41.8 Å². The number of hydrogen-bond acceptors (Lipinski definition) is 6. The van der Waals surface area contributed by atoms with Gasteiger partial charge in [-0.05, 0) is 47.6 Å². The van der Waals surface area contributed by atoms with Gasteiger partial charge in [0.05, 0.1) is 0 Å². The predicted molar refractivity (Wildman–Crippen MR) is 134 cm³/mol. The second-order valence-corrected chi connectivity index (χ2v) is 9.28. The van der Waals surface area contributed by atoms with Gasteiger partial charge in [0.15, 0.2) is 5.92 Å². The topological polar surface area (TPSA) is 78.9 Å². The third kappa shape index (κ3) is 7.69. The highest BCUT2D eigenvalue weighted by Gasteiger charge is 2.46. The Morgan fingerprint density at radius 3 is 1.79 bits per heavy atom. The van der Waals surface area contributed by atoms with Gasteiger partial charge >= 0.3 is 18.3 Å². The number of rotatable bonds is 9. The van der Waals surface area contributed by atoms with Crippen molar-refractivity contribution in [2.24, 2.45) is 11.8 Å². The zero-order valence-electron chi connectivity index (χ0n) is 20.9. The summed E-state index contributed by atoms with van der Waals surface area (Å²) < 4.78 is 52.8. The molecular formula is C30H27F3O6. The summed E-state index contributed by atoms with van der Waals surface area (Å²) in [6.45, 7) is -0.145. The van der Waals surface area contributed by atoms with Crippen LogP contribution < -0.4 is 4.74 Å². The molecule has 0 spiro atoms. The van der Waals surface area contributed by atoms with Crippen LogP contribution in [0.1, 0.15) is 41.9 Å². The van der Waals surface area contributed by atoms with Crippen LogP contribution in [0.5, 0.6) is 5.75 Å². The first-order valence-electron chi connectivity index (χ1n) is 12.5. The third-order valence-electron chi connectivity index (χ3n) is 6.59. The Kier molecular flexibility index (Phi) is 9.01. The van der Waals surface area contributed by atoms with Crippen molar-refractivity contribution in [3.05, 3.63) is 102 Å². The molecule has 39 heavy (non-hydrogen) atoms. The number of hydrogen-bond donors (Lipinski definition) is 0. The van der Waals surface area contributed by atoms with Crippen LogP contribution in [0.2, 0.25) is 0 Å². The van der Waals surface area contributed by atoms with Crippen LogP contribution in [0.15, 0.2) is 84.9 Å². The van der Waals surface area contributed by atoms with Crippen molar-refractivity contribution in [3.8, 4) is 5.75 Å². The normalized spacial score (nSPS) is 17.5. The Morgan fingerprint density at radius 1 is 0.795 bits per heavy atom. The van der Waals surface area contributed by atoms with Crippen LogP contribution in [0, 0.1) is 11.8 Å². The summed E-state index contributed by atoms with van der Waals surface area (Å²) in [6.07, 6.45) is -3.85. The number of carbonyl (C=O) groups excluding carboxylic acids is 3. The summed E-state index contributed by atoms with van der Waals surface area (Å²) in [6, 6.07) is 22.8. The van der Waals surface area contributed by atoms with E-state index in [2.05, 4.69) is 4.74 Å². The molecular weight excluding hydrogens is 513 g/mol. The molecule has 1 saturated carbocycles. The molecule has 4 rings (SSSR count). The summed E-state index contributed by atoms with van der Waals surface area (Å²) in [7, 11) is 0. The second kappa shape index (κ2) is 12.6. The lowest BCUT2D eigenvalue weighted by Gasteiger charge is -2.34. The molecule has 0 aliphatic heterocycles. The van der Waals surface area contributed by atoms with Crippen molar-refractivity contribution >= 4 is 17.7 Å². The van der Waals surface area contributed by atoms with Crippen molar-refractivity contribution in [3.63, 3.8) is 0 Å². The first kappa shape index (κ1) is 27.9. The van der Waals surface area contributed by atoms with Crippen molar-refractivity contribution in [2.45, 2.75) is 44.8 Å². The highest BCUT2D eigenvalue weighted by atomic mass is 19.4. The molecule has 2 atom stereocenters. The number of ether oxygens (including phenoxy) is 3. The summed E-state index contributed by atoms with van der Waals surface area (Å²) in [5, 5.41) is 0. The maximum Gasteiger partial charge on any atom is 0.573 e. The molecule has 3 aromatic rings. The largest absolute Gasteiger partial charge is 0.573 e. The second-order valence-electron chi connectivity index (χ2n) is 9.28. The monoisotopic (exact) mass is 540 g/mol. The number of halogens is 3. The zero-order valence-corrected chi connectivity index (χ0v) is 20.9. The molecule has 0 radical (unpaired) electrons. The standard InChI is InChI=1S/C30H27F3O6/c31-30(32,33)39-23-16-14-22(15-17-23)26-24(12-7-13-25(26)34)27(28(35)37-18-20-8-3-1-4-9-20)29(36)38-19-21-10-5-2-6-11-21/h1-6,8-11,14-17,24,26-27H,7,12-13,18-19H2/t24-,26+/m1/s1. The first-order valence-corrected chi connectivity index (χ1v) is 12.5. The number of esters is 2. The minimum Gasteiger partial charge on any atom is -0.460 e. The van der Waals surface area contributed by atoms with E-state index in [0.717, 1.165) is 23.3 Å². The number of benzene rings is 3. The van der Waals surface area contributed by atoms with Gasteiger partial charge in [0, 0.05) is 12.3 Å². The molecule has 9 heteroatoms. The Labute approximate surface area is 223 Å². The average molecular weight is 541 g/mol. The van der Waals surface area contributed by atoms with E-state index in [1.54, 1.807) is 48.5 Å². The molecule has 0 aromatic heterocycles. The lowest BCUT2D eigenvalue weighted by atomic mass is 9.69. The van der Waals surface area contributed by atoms with Gasteiger partial charge in [0.25, 0.3) is 0 Å². The van der Waals surface area contributed by atoms with E-state index >= 15 is 0 Å². The molecule has 0 bridgehead atoms. The van der Waals surface area contributed by atoms with E-state index in [-0.39, 0.29) is 25.4 Å². The molecule has 1 aliphatic carbocycles. The van der Waals surface area contributed by atoms with E-state index in [9.17, 15) is 27.6 Å². The highest BCUT2D eigenvalue weighted by Crippen LogP contribution is 2.41. The van der Waals surface area contributed by atoms with Crippen molar-refractivity contribution in [2.75, 3.05) is 0 Å². The number of ketones is 1. The molecule has 1 fully saturated rings. The van der Waals surface area contributed by atoms with E-state index in [1.165, 1.54) is 12.1 Å². The van der Waals surface area contributed by atoms with Gasteiger partial charge in [-0.15, -0.1) is 13.2 Å². The zero-order chi connectivity index (χ0) is 27.8. The Hall–Kier alpha value is -4.14. The molecule has 0 amide bonds. The van der Waals surface area contributed by atoms with Gasteiger partial charge in [-0.1, -0.05) is 72.8 Å². The predicted octanol–water partition coefficient (Wildman–Crippen LogP) is 6.14. The molecule has 204 valence electrons. The summed E-state index contributed by atoms with van der Waals surface area (Å²) >= 11 is 0. The number of Topliss-reactive ketones (excluding diaryl/α,β-unsaturated/α-hetero) is 1. The van der Waals surface area contributed by atoms with Crippen LogP contribution in [-0.2, 0) is 37.1 Å². The Morgan fingerprint density at radius 2 is 1.31 bits per heavy atom. The minimum absolute atomic E-state index is 0.0725. The lowest BCUT2D eigenvalue weighted by molar-refractivity contribution is -0.274. The lowest BCUT2D eigenvalue weighted by Crippen LogP contribution is -2.41. The fourth-order valence-electron chi connectivity index (χ4n) is 4.82. The van der Waals surface area contributed by atoms with Crippen molar-refractivity contribution in [1.82, 2.24) is 0 Å². The van der Waals surface area contributed by atoms with Gasteiger partial charge in [0.2, 0.25) is 0 Å². The van der Waals surface area contributed by atoms with Gasteiger partial charge in [-0.3, -0.25) is 14.4 Å². The number of carbonyl (C=O) groups is 3. The average Bonchev–Trinajstić information content (AvgIpc) is 2.92. The molecule has 1 aliphatic rings. The van der Waals surface area contributed by atoms with Crippen LogP contribution in [0.25, 0.3) is 0 Å². The first-order chi connectivity index (χ1) is 18.7. The quantitative estimate of drug-likeness (QED) is 0.240. The van der Waals surface area contributed by atoms with Crippen LogP contribution >= 0.6 is 0 Å². The highest BCUT2D eigenvalue weighted by molar-refractivity contribution is 5.97. The van der Waals surface area contributed by atoms with Crippen molar-refractivity contribution in [1.29, 1.82) is 0 Å². The molecule has 6 nitrogen and oxygen atoms in total. The maximum atomic E-state index is 13.4. The molecule has 0 N–H and O–H groups in total. The SMILES string of the molecule is O=C(OCc1ccccc1)C(C(=O)OCc1ccccc1)[C@@H]1CCCC(=O)[C@H]1c1ccc(OC(F)(F)F)cc1. The summed E-state index contributed by atoms with van der Waals surface area (Å²) in [5.41, 5.74) is 1.83. The molecule has 0 saturated heterocycles. The fourth-order valence-corrected chi connectivity index (χ4v) is 4.82. The summed E-state index contributed by atoms with van der Waals surface area (Å²) in [4.78, 5) is 39.9. The van der Waals surface area contributed by atoms with E-state index in [0.29, 0.717) is 18.4 Å². The number of alkyl halides is 3. The van der Waals surface area contributed by atoms with Gasteiger partial charge in [0.1, 0.15) is 24.7 Å². The summed E-state index contributed by atoms with van der Waals surface area (Å²) in [5.74, 6) is -5.40. The smallest absolute Gasteiger partial charge is 0.460 e. The van der Waals surface area contributed by atoms with E-state index in [4.69, 9.17) is 9.47 Å². The van der Waals surface area contributed by atoms with Crippen LogP contribution in [0.4, 0.5) is 13.2 Å². The van der Waals surface area contributed by atoms with Gasteiger partial charge in [-0.25, -0.2) is 0 Å². The van der Waals surface area contributed by atoms with Gasteiger partial charge < -0.3 is 14.2 Å². The van der Waals surface area contributed by atoms with E-state index in [1.807, 2.05) is 12.1 Å². The van der Waals surface area contributed by atoms with Crippen LogP contribution in [0.3, 0.4) is 0 Å². The third-order valence-corrected chi connectivity index (χ3v) is 6.59.